The number of esters is 3. The fraction of sp³-hybridized carbons (Fsp3) is 0.588. The van der Waals surface area contributed by atoms with Crippen LogP contribution in [0.25, 0.3) is 0 Å². The summed E-state index contributed by atoms with van der Waals surface area (Å²) in [5.41, 5.74) is 0.611. The molecule has 2 aliphatic heterocycles. The van der Waals surface area contributed by atoms with Gasteiger partial charge in [0, 0.05) is 4.88 Å². The van der Waals surface area contributed by atoms with E-state index < -0.39 is 34.9 Å². The summed E-state index contributed by atoms with van der Waals surface area (Å²) in [6.45, 7) is 1.70. The normalized spacial score (nSPS) is 29.8. The molecule has 0 aromatic carbocycles. The monoisotopic (exact) mass is 382 g/mol. The van der Waals surface area contributed by atoms with E-state index in [1.807, 2.05) is 22.5 Å². The molecule has 2 unspecified atom stereocenters. The number of nitrogens with zero attached hydrogens (tertiary/aromatic N) is 1. The van der Waals surface area contributed by atoms with Gasteiger partial charge in [-0.05, 0) is 31.2 Å². The van der Waals surface area contributed by atoms with Gasteiger partial charge in [0.25, 0.3) is 0 Å². The van der Waals surface area contributed by atoms with Crippen molar-refractivity contribution < 1.29 is 28.6 Å². The molecule has 0 spiro atoms. The molecule has 0 aliphatic carbocycles. The number of thiophene rings is 1. The summed E-state index contributed by atoms with van der Waals surface area (Å²) >= 11 is 1.52. The topological polar surface area (TPSA) is 94.2 Å². The van der Waals surface area contributed by atoms with Crippen LogP contribution in [0, 0.1) is 5.41 Å². The van der Waals surface area contributed by atoms with Crippen LogP contribution >= 0.6 is 11.3 Å². The lowest BCUT2D eigenvalue weighted by Crippen LogP contribution is -2.50. The molecule has 3 heterocycles. The Kier molecular flexibility index (Phi) is 4.80. The maximum atomic E-state index is 12.8. The van der Waals surface area contributed by atoms with Crippen LogP contribution in [0.4, 0.5) is 0 Å². The Balaban J connectivity index is 2.10. The third kappa shape index (κ3) is 2.53. The first-order chi connectivity index (χ1) is 12.3. The minimum atomic E-state index is -1.52. The first-order valence-corrected chi connectivity index (χ1v) is 9.07. The fourth-order valence-electron chi connectivity index (χ4n) is 4.10. The maximum Gasteiger partial charge on any atom is 0.327 e. The van der Waals surface area contributed by atoms with E-state index in [1.165, 1.54) is 32.7 Å². The molecular formula is C17H22N2O6S. The molecule has 2 aliphatic rings. The second-order valence-electron chi connectivity index (χ2n) is 6.75. The van der Waals surface area contributed by atoms with Crippen LogP contribution in [0.15, 0.2) is 17.5 Å². The van der Waals surface area contributed by atoms with Crippen molar-refractivity contribution in [3.8, 4) is 0 Å². The Morgan fingerprint density at radius 2 is 1.73 bits per heavy atom. The number of hydrazine groups is 1. The zero-order chi connectivity index (χ0) is 19.1. The molecule has 1 aromatic heterocycles. The van der Waals surface area contributed by atoms with Crippen LogP contribution in [0.2, 0.25) is 0 Å². The Hall–Kier alpha value is -1.97. The van der Waals surface area contributed by atoms with Gasteiger partial charge in [0.05, 0.1) is 33.4 Å². The Morgan fingerprint density at radius 1 is 1.12 bits per heavy atom. The molecule has 142 valence electrons. The molecule has 1 aromatic rings. The van der Waals surface area contributed by atoms with E-state index in [9.17, 15) is 14.4 Å². The highest BCUT2D eigenvalue weighted by molar-refractivity contribution is 7.10. The maximum absolute atomic E-state index is 12.8. The van der Waals surface area contributed by atoms with Gasteiger partial charge < -0.3 is 14.2 Å². The van der Waals surface area contributed by atoms with E-state index in [0.29, 0.717) is 0 Å². The lowest BCUT2D eigenvalue weighted by atomic mass is 9.75. The zero-order valence-corrected chi connectivity index (χ0v) is 15.9. The van der Waals surface area contributed by atoms with Crippen molar-refractivity contribution >= 4 is 29.2 Å². The SMILES string of the molecule is COC(=O)C1(C)C[C@H]2N(N1)C(c1cccs1)CC2(C(=O)OC)C(=O)OC. The quantitative estimate of drug-likeness (QED) is 0.469. The van der Waals surface area contributed by atoms with Crippen molar-refractivity contribution in [2.45, 2.75) is 37.4 Å². The van der Waals surface area contributed by atoms with Crippen LogP contribution in [0.1, 0.15) is 30.7 Å². The first-order valence-electron chi connectivity index (χ1n) is 8.19. The summed E-state index contributed by atoms with van der Waals surface area (Å²) in [4.78, 5) is 38.8. The molecule has 1 N–H and O–H groups in total. The molecule has 9 heteroatoms. The van der Waals surface area contributed by atoms with Gasteiger partial charge in [0.15, 0.2) is 5.41 Å². The number of rotatable bonds is 4. The summed E-state index contributed by atoms with van der Waals surface area (Å²) in [7, 11) is 3.80. The van der Waals surface area contributed by atoms with Gasteiger partial charge >= 0.3 is 17.9 Å². The lowest BCUT2D eigenvalue weighted by Gasteiger charge is -2.29. The van der Waals surface area contributed by atoms with E-state index >= 15 is 0 Å². The van der Waals surface area contributed by atoms with Crippen molar-refractivity contribution in [2.24, 2.45) is 5.41 Å². The number of carbonyl (C=O) groups excluding carboxylic acids is 3. The smallest absolute Gasteiger partial charge is 0.327 e. The molecule has 8 nitrogen and oxygen atoms in total. The van der Waals surface area contributed by atoms with Gasteiger partial charge in [-0.15, -0.1) is 11.3 Å². The number of nitrogens with one attached hydrogen (secondary N) is 1. The summed E-state index contributed by atoms with van der Waals surface area (Å²) in [5, 5.41) is 3.74. The third-order valence-corrected chi connectivity index (χ3v) is 6.31. The second-order valence-corrected chi connectivity index (χ2v) is 7.73. The van der Waals surface area contributed by atoms with Crippen molar-refractivity contribution in [1.29, 1.82) is 0 Å². The highest BCUT2D eigenvalue weighted by Crippen LogP contribution is 2.54. The molecule has 0 saturated carbocycles. The highest BCUT2D eigenvalue weighted by atomic mass is 32.1. The van der Waals surface area contributed by atoms with E-state index in [1.54, 1.807) is 6.92 Å². The van der Waals surface area contributed by atoms with Gasteiger partial charge in [0.1, 0.15) is 5.54 Å². The van der Waals surface area contributed by atoms with Crippen LogP contribution in [0.3, 0.4) is 0 Å². The van der Waals surface area contributed by atoms with Gasteiger partial charge in [-0.1, -0.05) is 6.07 Å². The second kappa shape index (κ2) is 6.64. The number of hydrogen-bond acceptors (Lipinski definition) is 9. The van der Waals surface area contributed by atoms with Crippen molar-refractivity contribution in [3.63, 3.8) is 0 Å². The fourth-order valence-corrected chi connectivity index (χ4v) is 4.92. The summed E-state index contributed by atoms with van der Waals surface area (Å²) in [5.74, 6) is -1.77. The van der Waals surface area contributed by atoms with E-state index in [2.05, 4.69) is 5.43 Å². The predicted molar refractivity (Wildman–Crippen MR) is 91.9 cm³/mol. The van der Waals surface area contributed by atoms with Gasteiger partial charge in [-0.25, -0.2) is 10.4 Å². The van der Waals surface area contributed by atoms with Gasteiger partial charge in [-0.2, -0.15) is 0 Å². The summed E-state index contributed by atoms with van der Waals surface area (Å²) in [6.07, 6.45) is 0.424. The average Bonchev–Trinajstić information content (AvgIpc) is 3.35. The molecule has 2 saturated heterocycles. The molecule has 0 bridgehead atoms. The van der Waals surface area contributed by atoms with Crippen molar-refractivity contribution in [3.05, 3.63) is 22.4 Å². The zero-order valence-electron chi connectivity index (χ0n) is 15.1. The lowest BCUT2D eigenvalue weighted by molar-refractivity contribution is -0.171. The summed E-state index contributed by atoms with van der Waals surface area (Å²) in [6, 6.07) is 2.97. The number of hydrogen-bond donors (Lipinski definition) is 1. The largest absolute Gasteiger partial charge is 0.468 e. The van der Waals surface area contributed by atoms with E-state index in [0.717, 1.165) is 4.88 Å². The van der Waals surface area contributed by atoms with Crippen LogP contribution < -0.4 is 5.43 Å². The van der Waals surface area contributed by atoms with Gasteiger partial charge in [-0.3, -0.25) is 14.4 Å². The number of carbonyl (C=O) groups is 3. The summed E-state index contributed by atoms with van der Waals surface area (Å²) < 4.78 is 14.9. The molecule has 3 rings (SSSR count). The van der Waals surface area contributed by atoms with Crippen LogP contribution in [-0.4, -0.2) is 55.8 Å². The van der Waals surface area contributed by atoms with Crippen molar-refractivity contribution in [1.82, 2.24) is 10.4 Å². The minimum absolute atomic E-state index is 0.210. The minimum Gasteiger partial charge on any atom is -0.468 e. The average molecular weight is 382 g/mol. The highest BCUT2D eigenvalue weighted by Gasteiger charge is 2.69. The van der Waals surface area contributed by atoms with Crippen molar-refractivity contribution in [2.75, 3.05) is 21.3 Å². The Morgan fingerprint density at radius 3 is 2.23 bits per heavy atom. The number of methoxy groups -OCH3 is 3. The molecule has 0 amide bonds. The third-order valence-electron chi connectivity index (χ3n) is 5.34. The molecule has 26 heavy (non-hydrogen) atoms. The standard InChI is InChI=1S/C17H22N2O6S/c1-16(13(20)23-2)9-12-17(14(21)24-3,15(22)25-4)8-10(19(12)18-16)11-6-5-7-26-11/h5-7,10,12,18H,8-9H2,1-4H3/t10?,12-,16?/m1/s1. The van der Waals surface area contributed by atoms with E-state index in [4.69, 9.17) is 14.2 Å². The molecule has 0 radical (unpaired) electrons. The molecule has 2 fully saturated rings. The first kappa shape index (κ1) is 18.8. The molecule has 3 atom stereocenters. The Bertz CT molecular complexity index is 705. The van der Waals surface area contributed by atoms with Gasteiger partial charge in [0.2, 0.25) is 0 Å². The number of fused-ring (bicyclic) bond motifs is 1. The Labute approximate surface area is 155 Å². The predicted octanol–water partition coefficient (Wildman–Crippen LogP) is 1.04. The van der Waals surface area contributed by atoms with Crippen LogP contribution in [-0.2, 0) is 28.6 Å². The molecular weight excluding hydrogens is 360 g/mol. The van der Waals surface area contributed by atoms with E-state index in [-0.39, 0.29) is 18.9 Å². The van der Waals surface area contributed by atoms with Crippen LogP contribution in [0.5, 0.6) is 0 Å². The number of ether oxygens (including phenoxy) is 3.